The van der Waals surface area contributed by atoms with E-state index in [1.165, 1.54) is 5.56 Å². The zero-order valence-corrected chi connectivity index (χ0v) is 12.4. The van der Waals surface area contributed by atoms with Crippen molar-refractivity contribution in [3.63, 3.8) is 0 Å². The molecule has 1 aromatic heterocycles. The van der Waals surface area contributed by atoms with E-state index in [-0.39, 0.29) is 12.6 Å². The van der Waals surface area contributed by atoms with Crippen molar-refractivity contribution in [3.8, 4) is 11.8 Å². The van der Waals surface area contributed by atoms with Crippen LogP contribution in [0.25, 0.3) is 0 Å². The summed E-state index contributed by atoms with van der Waals surface area (Å²) in [5.74, 6) is 1.80. The molecule has 1 aromatic carbocycles. The molecule has 0 saturated heterocycles. The van der Waals surface area contributed by atoms with Gasteiger partial charge in [0, 0.05) is 38.4 Å². The van der Waals surface area contributed by atoms with E-state index in [0.29, 0.717) is 0 Å². The Bertz CT molecular complexity index is 597. The SMILES string of the molecule is CC(NCCc1nccn1C)c1ccc(OCC#N)cc1. The fraction of sp³-hybridized carbons (Fsp3) is 0.375. The molecule has 0 aliphatic carbocycles. The molecular formula is C16H20N4O. The van der Waals surface area contributed by atoms with Crippen LogP contribution >= 0.6 is 0 Å². The summed E-state index contributed by atoms with van der Waals surface area (Å²) in [7, 11) is 2.01. The largest absolute Gasteiger partial charge is 0.479 e. The second kappa shape index (κ2) is 7.46. The van der Waals surface area contributed by atoms with E-state index in [9.17, 15) is 0 Å². The quantitative estimate of drug-likeness (QED) is 0.846. The molecule has 1 heterocycles. The molecule has 1 unspecified atom stereocenters. The lowest BCUT2D eigenvalue weighted by Crippen LogP contribution is -2.22. The van der Waals surface area contributed by atoms with Gasteiger partial charge in [0.1, 0.15) is 17.6 Å². The van der Waals surface area contributed by atoms with Crippen molar-refractivity contribution >= 4 is 0 Å². The van der Waals surface area contributed by atoms with Crippen molar-refractivity contribution in [3.05, 3.63) is 48.0 Å². The van der Waals surface area contributed by atoms with Gasteiger partial charge in [-0.15, -0.1) is 0 Å². The number of aryl methyl sites for hydroxylation is 1. The highest BCUT2D eigenvalue weighted by molar-refractivity contribution is 5.29. The third-order valence-electron chi connectivity index (χ3n) is 3.40. The van der Waals surface area contributed by atoms with Crippen LogP contribution in [0.3, 0.4) is 0 Å². The van der Waals surface area contributed by atoms with E-state index in [0.717, 1.165) is 24.5 Å². The predicted octanol–water partition coefficient (Wildman–Crippen LogP) is 2.22. The zero-order chi connectivity index (χ0) is 15.1. The molecule has 1 atom stereocenters. The Morgan fingerprint density at radius 1 is 1.38 bits per heavy atom. The molecule has 2 aromatic rings. The van der Waals surface area contributed by atoms with Crippen molar-refractivity contribution < 1.29 is 4.74 Å². The van der Waals surface area contributed by atoms with E-state index in [1.54, 1.807) is 0 Å². The normalized spacial score (nSPS) is 11.9. The maximum atomic E-state index is 8.47. The molecule has 21 heavy (non-hydrogen) atoms. The van der Waals surface area contributed by atoms with E-state index in [4.69, 9.17) is 10.00 Å². The van der Waals surface area contributed by atoms with E-state index in [1.807, 2.05) is 54.3 Å². The van der Waals surface area contributed by atoms with Crippen LogP contribution in [-0.2, 0) is 13.5 Å². The van der Waals surface area contributed by atoms with E-state index >= 15 is 0 Å². The smallest absolute Gasteiger partial charge is 0.174 e. The third-order valence-corrected chi connectivity index (χ3v) is 3.40. The lowest BCUT2D eigenvalue weighted by molar-refractivity contribution is 0.368. The van der Waals surface area contributed by atoms with Gasteiger partial charge in [-0.1, -0.05) is 12.1 Å². The van der Waals surface area contributed by atoms with Crippen molar-refractivity contribution in [2.24, 2.45) is 7.05 Å². The van der Waals surface area contributed by atoms with Crippen molar-refractivity contribution in [2.45, 2.75) is 19.4 Å². The summed E-state index contributed by atoms with van der Waals surface area (Å²) in [6, 6.07) is 10.0. The molecule has 0 fully saturated rings. The molecular weight excluding hydrogens is 264 g/mol. The number of imidazole rings is 1. The van der Waals surface area contributed by atoms with Gasteiger partial charge in [0.05, 0.1) is 0 Å². The lowest BCUT2D eigenvalue weighted by atomic mass is 10.1. The Labute approximate surface area is 125 Å². The first-order chi connectivity index (χ1) is 10.2. The van der Waals surface area contributed by atoms with Gasteiger partial charge in [-0.05, 0) is 24.6 Å². The number of rotatable bonds is 7. The molecule has 0 amide bonds. The Hall–Kier alpha value is -2.32. The predicted molar refractivity (Wildman–Crippen MR) is 80.9 cm³/mol. The van der Waals surface area contributed by atoms with E-state index in [2.05, 4.69) is 17.2 Å². The summed E-state index contributed by atoms with van der Waals surface area (Å²) in [5.41, 5.74) is 1.19. The second-order valence-electron chi connectivity index (χ2n) is 4.90. The number of hydrogen-bond acceptors (Lipinski definition) is 4. The summed E-state index contributed by atoms with van der Waals surface area (Å²) < 4.78 is 7.28. The summed E-state index contributed by atoms with van der Waals surface area (Å²) in [6.07, 6.45) is 4.68. The molecule has 0 bridgehead atoms. The molecule has 0 spiro atoms. The monoisotopic (exact) mass is 284 g/mol. The van der Waals surface area contributed by atoms with Crippen LogP contribution in [0.1, 0.15) is 24.4 Å². The molecule has 110 valence electrons. The van der Waals surface area contributed by atoms with Crippen molar-refractivity contribution in [2.75, 3.05) is 13.2 Å². The van der Waals surface area contributed by atoms with Gasteiger partial charge in [0.25, 0.3) is 0 Å². The number of benzene rings is 1. The third kappa shape index (κ3) is 4.33. The maximum absolute atomic E-state index is 8.47. The van der Waals surface area contributed by atoms with Gasteiger partial charge in [-0.25, -0.2) is 4.98 Å². The van der Waals surface area contributed by atoms with Gasteiger partial charge >= 0.3 is 0 Å². The number of nitrogens with one attached hydrogen (secondary N) is 1. The fourth-order valence-corrected chi connectivity index (χ4v) is 2.12. The fourth-order valence-electron chi connectivity index (χ4n) is 2.12. The highest BCUT2D eigenvalue weighted by Gasteiger charge is 2.06. The highest BCUT2D eigenvalue weighted by Crippen LogP contribution is 2.17. The summed E-state index contributed by atoms with van der Waals surface area (Å²) in [5, 5.41) is 12.0. The topological polar surface area (TPSA) is 62.9 Å². The first-order valence-corrected chi connectivity index (χ1v) is 7.00. The zero-order valence-electron chi connectivity index (χ0n) is 12.4. The Kier molecular flexibility index (Phi) is 5.35. The van der Waals surface area contributed by atoms with Gasteiger partial charge in [-0.3, -0.25) is 0 Å². The van der Waals surface area contributed by atoms with Crippen LogP contribution in [0.5, 0.6) is 5.75 Å². The second-order valence-corrected chi connectivity index (χ2v) is 4.90. The summed E-state index contributed by atoms with van der Waals surface area (Å²) in [6.45, 7) is 3.08. The van der Waals surface area contributed by atoms with Gasteiger partial charge < -0.3 is 14.6 Å². The van der Waals surface area contributed by atoms with Crippen LogP contribution in [0.4, 0.5) is 0 Å². The average Bonchev–Trinajstić information content (AvgIpc) is 2.91. The van der Waals surface area contributed by atoms with Crippen LogP contribution in [0.2, 0.25) is 0 Å². The Morgan fingerprint density at radius 2 is 2.14 bits per heavy atom. The van der Waals surface area contributed by atoms with E-state index < -0.39 is 0 Å². The van der Waals surface area contributed by atoms with Crippen LogP contribution in [0.15, 0.2) is 36.7 Å². The molecule has 0 aliphatic rings. The van der Waals surface area contributed by atoms with Crippen LogP contribution in [-0.4, -0.2) is 22.7 Å². The minimum atomic E-state index is 0.0802. The molecule has 1 N–H and O–H groups in total. The first kappa shape index (κ1) is 15.1. The average molecular weight is 284 g/mol. The number of aromatic nitrogens is 2. The number of nitrogens with zero attached hydrogens (tertiary/aromatic N) is 3. The van der Waals surface area contributed by atoms with Crippen LogP contribution < -0.4 is 10.1 Å². The lowest BCUT2D eigenvalue weighted by Gasteiger charge is -2.14. The number of ether oxygens (including phenoxy) is 1. The van der Waals surface area contributed by atoms with Gasteiger partial charge in [0.15, 0.2) is 6.61 Å². The summed E-state index contributed by atoms with van der Waals surface area (Å²) in [4.78, 5) is 4.31. The van der Waals surface area contributed by atoms with Gasteiger partial charge in [-0.2, -0.15) is 5.26 Å². The van der Waals surface area contributed by atoms with Crippen LogP contribution in [0, 0.1) is 11.3 Å². The molecule has 5 heteroatoms. The summed E-state index contributed by atoms with van der Waals surface area (Å²) >= 11 is 0. The molecule has 2 rings (SSSR count). The molecule has 5 nitrogen and oxygen atoms in total. The number of nitriles is 1. The molecule has 0 aliphatic heterocycles. The van der Waals surface area contributed by atoms with Crippen molar-refractivity contribution in [1.29, 1.82) is 5.26 Å². The minimum Gasteiger partial charge on any atom is -0.479 e. The highest BCUT2D eigenvalue weighted by atomic mass is 16.5. The number of hydrogen-bond donors (Lipinski definition) is 1. The maximum Gasteiger partial charge on any atom is 0.174 e. The Morgan fingerprint density at radius 3 is 2.76 bits per heavy atom. The minimum absolute atomic E-state index is 0.0802. The van der Waals surface area contributed by atoms with Gasteiger partial charge in [0.2, 0.25) is 0 Å². The Balaban J connectivity index is 1.81. The molecule has 0 saturated carbocycles. The van der Waals surface area contributed by atoms with Crippen molar-refractivity contribution in [1.82, 2.24) is 14.9 Å². The molecule has 0 radical (unpaired) electrons. The standard InChI is InChI=1S/C16H20N4O/c1-13(18-9-7-16-19-10-11-20(16)2)14-3-5-15(6-4-14)21-12-8-17/h3-6,10-11,13,18H,7,9,12H2,1-2H3. The first-order valence-electron chi connectivity index (χ1n) is 7.00.